The molecule has 3 atom stereocenters. The van der Waals surface area contributed by atoms with E-state index in [1.165, 1.54) is 10.8 Å². The molecule has 4 N–H and O–H groups in total. The Morgan fingerprint density at radius 1 is 1.67 bits per heavy atom. The first-order chi connectivity index (χ1) is 8.56. The lowest BCUT2D eigenvalue weighted by Gasteiger charge is -2.15. The molecule has 0 saturated carbocycles. The van der Waals surface area contributed by atoms with Crippen molar-refractivity contribution in [3.8, 4) is 0 Å². The molecule has 2 rings (SSSR count). The van der Waals surface area contributed by atoms with Crippen LogP contribution in [0.2, 0.25) is 0 Å². The molecule has 1 aromatic heterocycles. The highest BCUT2D eigenvalue weighted by atomic mass is 16.5. The average molecular weight is 257 g/mol. The zero-order valence-corrected chi connectivity index (χ0v) is 9.78. The van der Waals surface area contributed by atoms with Gasteiger partial charge in [-0.3, -0.25) is 15.3 Å². The molecule has 0 amide bonds. The number of hydrogen-bond acceptors (Lipinski definition) is 7. The molecule has 2 heterocycles. The summed E-state index contributed by atoms with van der Waals surface area (Å²) in [4.78, 5) is 15.4. The van der Waals surface area contributed by atoms with Crippen molar-refractivity contribution in [2.45, 2.75) is 31.8 Å². The summed E-state index contributed by atoms with van der Waals surface area (Å²) >= 11 is 0. The summed E-state index contributed by atoms with van der Waals surface area (Å²) in [6.45, 7) is 1.35. The summed E-state index contributed by atoms with van der Waals surface area (Å²) < 4.78 is 6.59. The van der Waals surface area contributed by atoms with Crippen molar-refractivity contribution in [1.82, 2.24) is 9.55 Å². The van der Waals surface area contributed by atoms with E-state index in [4.69, 9.17) is 15.1 Å². The molecule has 0 radical (unpaired) electrons. The number of aromatic nitrogens is 2. The van der Waals surface area contributed by atoms with Gasteiger partial charge >= 0.3 is 5.69 Å². The summed E-state index contributed by atoms with van der Waals surface area (Å²) in [7, 11) is 0. The molecule has 8 nitrogen and oxygen atoms in total. The van der Waals surface area contributed by atoms with Crippen molar-refractivity contribution in [1.29, 1.82) is 0 Å². The van der Waals surface area contributed by atoms with Crippen LogP contribution >= 0.6 is 0 Å². The van der Waals surface area contributed by atoms with Gasteiger partial charge in [0, 0.05) is 18.2 Å². The van der Waals surface area contributed by atoms with Crippen LogP contribution in [0.1, 0.15) is 18.2 Å². The average Bonchev–Trinajstić information content (AvgIpc) is 2.72. The third kappa shape index (κ3) is 2.23. The van der Waals surface area contributed by atoms with E-state index in [0.717, 1.165) is 0 Å². The highest BCUT2D eigenvalue weighted by Gasteiger charge is 2.35. The molecular weight excluding hydrogens is 242 g/mol. The maximum Gasteiger partial charge on any atom is 0.351 e. The number of rotatable bonds is 3. The van der Waals surface area contributed by atoms with Gasteiger partial charge in [-0.1, -0.05) is 0 Å². The predicted octanol–water partition coefficient (Wildman–Crippen LogP) is -1.01. The lowest BCUT2D eigenvalue weighted by Crippen LogP contribution is -2.28. The highest BCUT2D eigenvalue weighted by Crippen LogP contribution is 2.27. The lowest BCUT2D eigenvalue weighted by atomic mass is 10.2. The third-order valence-corrected chi connectivity index (χ3v) is 2.93. The van der Waals surface area contributed by atoms with Crippen LogP contribution in [0.5, 0.6) is 0 Å². The predicted molar refractivity (Wildman–Crippen MR) is 60.3 cm³/mol. The van der Waals surface area contributed by atoms with E-state index >= 15 is 0 Å². The first-order valence-electron chi connectivity index (χ1n) is 5.51. The first kappa shape index (κ1) is 13.0. The Labute approximate surface area is 102 Å². The van der Waals surface area contributed by atoms with Crippen molar-refractivity contribution < 1.29 is 20.2 Å². The Bertz CT molecular complexity index is 489. The Balaban J connectivity index is 2.30. The summed E-state index contributed by atoms with van der Waals surface area (Å²) in [5.41, 5.74) is 1.78. The number of nitrogens with one attached hydrogen (secondary N) is 1. The molecule has 0 spiro atoms. The van der Waals surface area contributed by atoms with Gasteiger partial charge in [0.05, 0.1) is 12.7 Å². The fourth-order valence-electron chi connectivity index (χ4n) is 1.94. The zero-order valence-electron chi connectivity index (χ0n) is 9.78. The SMILES string of the molecule is Cc1cn([C@H]2C[C@H](O)[C@@H](CO)O2)c(=O)nc1NO. The molecule has 0 aliphatic carbocycles. The number of hydrogen-bond donors (Lipinski definition) is 4. The van der Waals surface area contributed by atoms with Gasteiger partial charge in [0.15, 0.2) is 5.82 Å². The van der Waals surface area contributed by atoms with E-state index < -0.39 is 24.1 Å². The fourth-order valence-corrected chi connectivity index (χ4v) is 1.94. The van der Waals surface area contributed by atoms with Gasteiger partial charge in [0.2, 0.25) is 0 Å². The number of aliphatic hydroxyl groups excluding tert-OH is 2. The normalized spacial score (nSPS) is 27.4. The van der Waals surface area contributed by atoms with E-state index in [2.05, 4.69) is 4.98 Å². The molecule has 1 aliphatic rings. The first-order valence-corrected chi connectivity index (χ1v) is 5.51. The van der Waals surface area contributed by atoms with Crippen LogP contribution in [0.15, 0.2) is 11.0 Å². The van der Waals surface area contributed by atoms with Gasteiger partial charge < -0.3 is 14.9 Å². The number of anilines is 1. The minimum absolute atomic E-state index is 0.0773. The summed E-state index contributed by atoms with van der Waals surface area (Å²) in [6.07, 6.45) is -0.493. The third-order valence-electron chi connectivity index (χ3n) is 2.93. The van der Waals surface area contributed by atoms with Crippen LogP contribution in [0.25, 0.3) is 0 Å². The van der Waals surface area contributed by atoms with Crippen molar-refractivity contribution in [3.63, 3.8) is 0 Å². The summed E-state index contributed by atoms with van der Waals surface area (Å²) in [5, 5.41) is 27.3. The van der Waals surface area contributed by atoms with Gasteiger partial charge in [-0.2, -0.15) is 4.98 Å². The maximum atomic E-state index is 11.7. The van der Waals surface area contributed by atoms with Crippen LogP contribution in [0.3, 0.4) is 0 Å². The molecule has 1 aromatic rings. The number of nitrogens with zero attached hydrogens (tertiary/aromatic N) is 2. The highest BCUT2D eigenvalue weighted by molar-refractivity contribution is 5.38. The topological polar surface area (TPSA) is 117 Å². The van der Waals surface area contributed by atoms with E-state index in [0.29, 0.717) is 5.56 Å². The fraction of sp³-hybridized carbons (Fsp3) is 0.600. The Kier molecular flexibility index (Phi) is 3.62. The second-order valence-electron chi connectivity index (χ2n) is 4.19. The minimum Gasteiger partial charge on any atom is -0.394 e. The van der Waals surface area contributed by atoms with Crippen molar-refractivity contribution >= 4 is 5.82 Å². The molecule has 100 valence electrons. The standard InChI is InChI=1S/C10H15N3O5/c1-5-3-13(10(16)11-9(5)12-17)8-2-6(15)7(4-14)18-8/h3,6-8,14-15,17H,2,4H2,1H3,(H,11,12,16)/t6-,7+,8+/m0/s1. The molecule has 8 heteroatoms. The monoisotopic (exact) mass is 257 g/mol. The Hall–Kier alpha value is -1.48. The van der Waals surface area contributed by atoms with Gasteiger partial charge in [-0.25, -0.2) is 4.79 Å². The Morgan fingerprint density at radius 3 is 2.94 bits per heavy atom. The molecule has 1 aliphatic heterocycles. The Morgan fingerprint density at radius 2 is 2.39 bits per heavy atom. The number of aryl methyl sites for hydroxylation is 1. The molecule has 1 saturated heterocycles. The van der Waals surface area contributed by atoms with Gasteiger partial charge in [-0.15, -0.1) is 0 Å². The minimum atomic E-state index is -0.817. The second-order valence-corrected chi connectivity index (χ2v) is 4.19. The van der Waals surface area contributed by atoms with Crippen LogP contribution in [-0.2, 0) is 4.74 Å². The summed E-state index contributed by atoms with van der Waals surface area (Å²) in [5.74, 6) is 0.0773. The molecular formula is C10H15N3O5. The lowest BCUT2D eigenvalue weighted by molar-refractivity contribution is -0.0459. The largest absolute Gasteiger partial charge is 0.394 e. The quantitative estimate of drug-likeness (QED) is 0.513. The molecule has 0 bridgehead atoms. The van der Waals surface area contributed by atoms with Gasteiger partial charge in [0.1, 0.15) is 12.3 Å². The number of ether oxygens (including phenoxy) is 1. The summed E-state index contributed by atoms with van der Waals surface area (Å²) in [6, 6.07) is 0. The molecule has 0 unspecified atom stereocenters. The maximum absolute atomic E-state index is 11.7. The van der Waals surface area contributed by atoms with Crippen LogP contribution in [0, 0.1) is 6.92 Å². The van der Waals surface area contributed by atoms with Gasteiger partial charge in [-0.05, 0) is 6.92 Å². The van der Waals surface area contributed by atoms with Crippen molar-refractivity contribution in [2.24, 2.45) is 0 Å². The number of aliphatic hydroxyl groups is 2. The van der Waals surface area contributed by atoms with Crippen LogP contribution < -0.4 is 11.2 Å². The van der Waals surface area contributed by atoms with Crippen molar-refractivity contribution in [2.75, 3.05) is 12.1 Å². The molecule has 1 fully saturated rings. The van der Waals surface area contributed by atoms with Crippen LogP contribution in [-0.4, -0.2) is 43.8 Å². The van der Waals surface area contributed by atoms with Crippen molar-refractivity contribution in [3.05, 3.63) is 22.2 Å². The van der Waals surface area contributed by atoms with Gasteiger partial charge in [0.25, 0.3) is 0 Å². The second kappa shape index (κ2) is 5.02. The van der Waals surface area contributed by atoms with E-state index in [1.54, 1.807) is 6.92 Å². The molecule has 18 heavy (non-hydrogen) atoms. The smallest absolute Gasteiger partial charge is 0.351 e. The van der Waals surface area contributed by atoms with E-state index in [1.807, 2.05) is 5.48 Å². The van der Waals surface area contributed by atoms with Crippen LogP contribution in [0.4, 0.5) is 5.82 Å². The van der Waals surface area contributed by atoms with E-state index in [-0.39, 0.29) is 18.8 Å². The zero-order chi connectivity index (χ0) is 13.3. The van der Waals surface area contributed by atoms with E-state index in [9.17, 15) is 9.90 Å². The molecule has 0 aromatic carbocycles.